The number of halogens is 5. The molecule has 4 aromatic carbocycles. The van der Waals surface area contributed by atoms with Crippen molar-refractivity contribution in [2.45, 2.75) is 9.79 Å². The zero-order valence-electron chi connectivity index (χ0n) is 20.8. The molecule has 0 bridgehead atoms. The minimum atomic E-state index is -5.10. The Balaban J connectivity index is 1.80. The van der Waals surface area contributed by atoms with Gasteiger partial charge in [0.15, 0.2) is 11.5 Å². The van der Waals surface area contributed by atoms with Gasteiger partial charge in [0.05, 0.1) is 20.1 Å². The van der Waals surface area contributed by atoms with E-state index in [0.717, 1.165) is 12.1 Å². The second-order valence-corrected chi connectivity index (χ2v) is 13.0. The Labute approximate surface area is 269 Å². The van der Waals surface area contributed by atoms with Gasteiger partial charge in [-0.05, 0) is 60.7 Å². The number of hydrogen-bond acceptors (Lipinski definition) is 7. The number of urea groups is 1. The molecule has 4 rings (SSSR count). The molecule has 0 fully saturated rings. The van der Waals surface area contributed by atoms with Gasteiger partial charge in [-0.2, -0.15) is 16.8 Å². The zero-order valence-corrected chi connectivity index (χ0v) is 26.2. The van der Waals surface area contributed by atoms with E-state index in [0.29, 0.717) is 5.02 Å². The van der Waals surface area contributed by atoms with Crippen LogP contribution in [-0.2, 0) is 20.2 Å². The van der Waals surface area contributed by atoms with Gasteiger partial charge in [0.1, 0.15) is 32.7 Å². The van der Waals surface area contributed by atoms with Crippen molar-refractivity contribution in [2.75, 3.05) is 10.6 Å². The maximum absolute atomic E-state index is 13.3. The summed E-state index contributed by atoms with van der Waals surface area (Å²) in [5.41, 5.74) is -1.29. The second kappa shape index (κ2) is 12.9. The molecular formula is C25H15Cl5N2O9S2. The Morgan fingerprint density at radius 3 is 1.44 bits per heavy atom. The Kier molecular flexibility index (Phi) is 9.91. The van der Waals surface area contributed by atoms with Crippen molar-refractivity contribution >= 4 is 95.6 Å². The van der Waals surface area contributed by atoms with E-state index < -0.39 is 57.5 Å². The maximum Gasteiger partial charge on any atom is 0.323 e. The molecule has 0 heterocycles. The van der Waals surface area contributed by atoms with Gasteiger partial charge in [-0.3, -0.25) is 9.11 Å². The number of carbonyl (C=O) groups excluding carboxylic acids is 1. The van der Waals surface area contributed by atoms with Crippen molar-refractivity contribution in [3.8, 4) is 23.0 Å². The summed E-state index contributed by atoms with van der Waals surface area (Å²) in [7, 11) is -10.2. The van der Waals surface area contributed by atoms with E-state index in [1.165, 1.54) is 54.6 Å². The molecule has 18 heteroatoms. The number of nitrogens with one attached hydrogen (secondary N) is 2. The van der Waals surface area contributed by atoms with Crippen LogP contribution in [0.3, 0.4) is 0 Å². The van der Waals surface area contributed by atoms with Gasteiger partial charge in [0.25, 0.3) is 20.2 Å². The summed E-state index contributed by atoms with van der Waals surface area (Å²) in [6.45, 7) is 0. The van der Waals surface area contributed by atoms with Crippen molar-refractivity contribution in [3.63, 3.8) is 0 Å². The third-order valence-electron chi connectivity index (χ3n) is 5.30. The van der Waals surface area contributed by atoms with Crippen LogP contribution in [0.15, 0.2) is 76.5 Å². The van der Waals surface area contributed by atoms with E-state index in [4.69, 9.17) is 67.5 Å². The molecule has 0 saturated carbocycles. The van der Waals surface area contributed by atoms with Gasteiger partial charge >= 0.3 is 6.03 Å². The van der Waals surface area contributed by atoms with Gasteiger partial charge in [-0.1, -0.05) is 58.0 Å². The molecule has 2 amide bonds. The fraction of sp³-hybridized carbons (Fsp3) is 0. The summed E-state index contributed by atoms with van der Waals surface area (Å²) in [6.07, 6.45) is 0. The molecular weight excluding hydrogens is 714 g/mol. The van der Waals surface area contributed by atoms with Crippen LogP contribution in [0.5, 0.6) is 23.0 Å². The summed E-state index contributed by atoms with van der Waals surface area (Å²) >= 11 is 29.9. The number of hydrogen-bond donors (Lipinski definition) is 4. The largest absolute Gasteiger partial charge is 0.455 e. The predicted octanol–water partition coefficient (Wildman–Crippen LogP) is 8.68. The Morgan fingerprint density at radius 1 is 0.581 bits per heavy atom. The number of ether oxygens (including phenoxy) is 2. The highest BCUT2D eigenvalue weighted by Crippen LogP contribution is 2.42. The summed E-state index contributed by atoms with van der Waals surface area (Å²) in [6, 6.07) is 13.1. The number of rotatable bonds is 8. The molecule has 0 spiro atoms. The third-order valence-corrected chi connectivity index (χ3v) is 9.02. The normalized spacial score (nSPS) is 11.6. The molecule has 0 aliphatic heterocycles. The van der Waals surface area contributed by atoms with Crippen LogP contribution in [0.4, 0.5) is 16.2 Å². The van der Waals surface area contributed by atoms with Crippen LogP contribution in [0.2, 0.25) is 25.1 Å². The lowest BCUT2D eigenvalue weighted by Gasteiger charge is -2.19. The standard InChI is InChI=1S/C25H15Cl5N2O9S2/c26-12-1-3-13(4-2-12)40-19-9-7-16(28)23(42(34,35)36)21(19)31-25(33)32-22-20(10-8-17(29)24(22)43(37,38)39)41-14-5-6-15(27)18(30)11-14/h1-11H,(H2,31,32,33)(H,34,35,36)(H,37,38,39). The van der Waals surface area contributed by atoms with Gasteiger partial charge in [-0.15, -0.1) is 0 Å². The minimum absolute atomic E-state index is 0.0450. The highest BCUT2D eigenvalue weighted by Gasteiger charge is 2.29. The van der Waals surface area contributed by atoms with Crippen molar-refractivity contribution in [1.82, 2.24) is 0 Å². The molecule has 0 atom stereocenters. The van der Waals surface area contributed by atoms with Crippen molar-refractivity contribution in [2.24, 2.45) is 0 Å². The summed E-state index contributed by atoms with van der Waals surface area (Å²) < 4.78 is 80.2. The monoisotopic (exact) mass is 726 g/mol. The quantitative estimate of drug-likeness (QED) is 0.130. The van der Waals surface area contributed by atoms with Gasteiger partial charge in [0, 0.05) is 11.1 Å². The molecule has 0 aliphatic rings. The molecule has 0 unspecified atom stereocenters. The van der Waals surface area contributed by atoms with Crippen molar-refractivity contribution < 1.29 is 40.2 Å². The minimum Gasteiger partial charge on any atom is -0.455 e. The molecule has 0 aromatic heterocycles. The fourth-order valence-electron chi connectivity index (χ4n) is 3.54. The first-order valence-corrected chi connectivity index (χ1v) is 16.1. The SMILES string of the molecule is O=C(Nc1c(Oc2ccc(Cl)cc2)ccc(Cl)c1S(=O)(=O)O)Nc1c(Oc2ccc(Cl)c(Cl)c2)ccc(Cl)c1S(=O)(=O)O. The highest BCUT2D eigenvalue weighted by atomic mass is 35.5. The van der Waals surface area contributed by atoms with E-state index in [1.54, 1.807) is 0 Å². The highest BCUT2D eigenvalue weighted by molar-refractivity contribution is 7.86. The predicted molar refractivity (Wildman–Crippen MR) is 163 cm³/mol. The lowest BCUT2D eigenvalue weighted by Crippen LogP contribution is -2.23. The molecule has 4 N–H and O–H groups in total. The lowest BCUT2D eigenvalue weighted by molar-refractivity contribution is 0.262. The summed E-state index contributed by atoms with van der Waals surface area (Å²) in [4.78, 5) is 11.4. The number of carbonyl (C=O) groups is 1. The molecule has 226 valence electrons. The van der Waals surface area contributed by atoms with E-state index in [-0.39, 0.29) is 33.0 Å². The molecule has 4 aromatic rings. The van der Waals surface area contributed by atoms with Crippen LogP contribution in [0, 0.1) is 0 Å². The zero-order chi connectivity index (χ0) is 31.7. The topological polar surface area (TPSA) is 168 Å². The first-order chi connectivity index (χ1) is 20.0. The average molecular weight is 729 g/mol. The summed E-state index contributed by atoms with van der Waals surface area (Å²) in [5, 5.41) is 3.99. The van der Waals surface area contributed by atoms with E-state index in [2.05, 4.69) is 10.6 Å². The molecule has 0 saturated heterocycles. The van der Waals surface area contributed by atoms with Crippen molar-refractivity contribution in [1.29, 1.82) is 0 Å². The maximum atomic E-state index is 13.3. The fourth-order valence-corrected chi connectivity index (χ4v) is 6.31. The van der Waals surface area contributed by atoms with E-state index in [9.17, 15) is 30.7 Å². The van der Waals surface area contributed by atoms with Crippen LogP contribution in [0.1, 0.15) is 0 Å². The number of anilines is 2. The smallest absolute Gasteiger partial charge is 0.323 e. The first-order valence-electron chi connectivity index (χ1n) is 11.3. The van der Waals surface area contributed by atoms with Crippen LogP contribution in [-0.4, -0.2) is 32.0 Å². The van der Waals surface area contributed by atoms with Gasteiger partial charge < -0.3 is 20.1 Å². The van der Waals surface area contributed by atoms with Crippen LogP contribution < -0.4 is 20.1 Å². The molecule has 0 aliphatic carbocycles. The van der Waals surface area contributed by atoms with Gasteiger partial charge in [-0.25, -0.2) is 4.79 Å². The van der Waals surface area contributed by atoms with Crippen LogP contribution in [0.25, 0.3) is 0 Å². The first kappa shape index (κ1) is 32.9. The number of amides is 2. The number of benzene rings is 4. The molecule has 43 heavy (non-hydrogen) atoms. The molecule has 0 radical (unpaired) electrons. The lowest BCUT2D eigenvalue weighted by atomic mass is 10.2. The third kappa shape index (κ3) is 7.95. The summed E-state index contributed by atoms with van der Waals surface area (Å²) in [5.74, 6) is -0.451. The molecule has 11 nitrogen and oxygen atoms in total. The van der Waals surface area contributed by atoms with Crippen LogP contribution >= 0.6 is 58.0 Å². The average Bonchev–Trinajstić information content (AvgIpc) is 2.89. The van der Waals surface area contributed by atoms with E-state index >= 15 is 0 Å². The van der Waals surface area contributed by atoms with Crippen molar-refractivity contribution in [3.05, 3.63) is 91.8 Å². The Morgan fingerprint density at radius 2 is 1.00 bits per heavy atom. The van der Waals surface area contributed by atoms with E-state index in [1.807, 2.05) is 0 Å². The Hall–Kier alpha value is -2.98. The second-order valence-electron chi connectivity index (χ2n) is 8.26. The van der Waals surface area contributed by atoms with Gasteiger partial charge in [0.2, 0.25) is 0 Å². The Bertz CT molecular complexity index is 1960.